The van der Waals surface area contributed by atoms with Crippen molar-refractivity contribution in [2.75, 3.05) is 31.1 Å². The van der Waals surface area contributed by atoms with Crippen LogP contribution in [0.1, 0.15) is 35.8 Å². The Kier molecular flexibility index (Phi) is 2.74. The predicted molar refractivity (Wildman–Crippen MR) is 80.5 cm³/mol. The fraction of sp³-hybridized carbons (Fsp3) is 0.562. The first kappa shape index (κ1) is 12.2. The summed E-state index contributed by atoms with van der Waals surface area (Å²) in [6, 6.07) is 2.27. The highest BCUT2D eigenvalue weighted by Gasteiger charge is 2.30. The van der Waals surface area contributed by atoms with E-state index in [1.807, 2.05) is 0 Å². The molecule has 4 rings (SSSR count). The van der Waals surface area contributed by atoms with Gasteiger partial charge in [0.05, 0.1) is 0 Å². The summed E-state index contributed by atoms with van der Waals surface area (Å²) in [6.07, 6.45) is 2.46. The van der Waals surface area contributed by atoms with Crippen molar-refractivity contribution in [1.82, 2.24) is 10.3 Å². The molecule has 0 amide bonds. The van der Waals surface area contributed by atoms with E-state index in [0.717, 1.165) is 43.2 Å². The van der Waals surface area contributed by atoms with Crippen LogP contribution in [0.3, 0.4) is 0 Å². The molecule has 20 heavy (non-hydrogen) atoms. The molecule has 106 valence electrons. The van der Waals surface area contributed by atoms with E-state index in [1.54, 1.807) is 0 Å². The standard InChI is InChI=1S/C16H21N3O/c1-10-9-13(19-7-5-17-6-8-19)11(2)14-15(10)20-16(18-14)12-3-4-12/h9,12,17H,3-8H2,1-2H3. The van der Waals surface area contributed by atoms with Gasteiger partial charge in [-0.2, -0.15) is 0 Å². The second-order valence-corrected chi connectivity index (χ2v) is 6.08. The molecule has 1 saturated carbocycles. The van der Waals surface area contributed by atoms with E-state index in [9.17, 15) is 0 Å². The van der Waals surface area contributed by atoms with Crippen molar-refractivity contribution < 1.29 is 4.42 Å². The summed E-state index contributed by atoms with van der Waals surface area (Å²) in [4.78, 5) is 7.24. The largest absolute Gasteiger partial charge is 0.440 e. The van der Waals surface area contributed by atoms with Gasteiger partial charge in [-0.25, -0.2) is 4.98 Å². The fourth-order valence-electron chi connectivity index (χ4n) is 3.10. The average molecular weight is 271 g/mol. The summed E-state index contributed by atoms with van der Waals surface area (Å²) in [5.74, 6) is 1.52. The number of fused-ring (bicyclic) bond motifs is 1. The highest BCUT2D eigenvalue weighted by atomic mass is 16.3. The van der Waals surface area contributed by atoms with Crippen molar-refractivity contribution in [2.45, 2.75) is 32.6 Å². The van der Waals surface area contributed by atoms with Crippen LogP contribution in [0, 0.1) is 13.8 Å². The molecule has 2 aromatic rings. The molecule has 0 atom stereocenters. The number of aromatic nitrogens is 1. The summed E-state index contributed by atoms with van der Waals surface area (Å²) in [6.45, 7) is 8.57. The molecule has 1 aromatic carbocycles. The summed E-state index contributed by atoms with van der Waals surface area (Å²) in [5, 5.41) is 3.41. The zero-order valence-electron chi connectivity index (χ0n) is 12.2. The Morgan fingerprint density at radius 2 is 2.00 bits per heavy atom. The number of nitrogens with one attached hydrogen (secondary N) is 1. The number of aryl methyl sites for hydroxylation is 2. The number of hydrogen-bond donors (Lipinski definition) is 1. The van der Waals surface area contributed by atoms with Crippen LogP contribution in [0.2, 0.25) is 0 Å². The number of anilines is 1. The molecule has 0 spiro atoms. The predicted octanol–water partition coefficient (Wildman–Crippen LogP) is 2.73. The van der Waals surface area contributed by atoms with E-state index in [-0.39, 0.29) is 0 Å². The molecule has 1 N–H and O–H groups in total. The SMILES string of the molecule is Cc1c(N2CCNCC2)cc(C)c2oc(C3CC3)nc12. The molecule has 0 radical (unpaired) electrons. The fourth-order valence-corrected chi connectivity index (χ4v) is 3.10. The summed E-state index contributed by atoms with van der Waals surface area (Å²) < 4.78 is 6.00. The monoisotopic (exact) mass is 271 g/mol. The first-order valence-electron chi connectivity index (χ1n) is 7.60. The van der Waals surface area contributed by atoms with Gasteiger partial charge >= 0.3 is 0 Å². The molecule has 2 aliphatic rings. The molecule has 2 heterocycles. The highest BCUT2D eigenvalue weighted by molar-refractivity contribution is 5.86. The van der Waals surface area contributed by atoms with Crippen LogP contribution < -0.4 is 10.2 Å². The Hall–Kier alpha value is -1.55. The molecule has 4 heteroatoms. The van der Waals surface area contributed by atoms with E-state index < -0.39 is 0 Å². The second-order valence-electron chi connectivity index (χ2n) is 6.08. The number of oxazole rings is 1. The van der Waals surface area contributed by atoms with Crippen LogP contribution in [0.5, 0.6) is 0 Å². The van der Waals surface area contributed by atoms with Gasteiger partial charge in [0, 0.05) is 43.3 Å². The van der Waals surface area contributed by atoms with Gasteiger partial charge in [0.25, 0.3) is 0 Å². The third-order valence-electron chi connectivity index (χ3n) is 4.48. The maximum Gasteiger partial charge on any atom is 0.198 e. The van der Waals surface area contributed by atoms with Crippen molar-refractivity contribution in [3.05, 3.63) is 23.1 Å². The van der Waals surface area contributed by atoms with Gasteiger partial charge in [0.2, 0.25) is 0 Å². The van der Waals surface area contributed by atoms with Crippen LogP contribution in [-0.4, -0.2) is 31.2 Å². The van der Waals surface area contributed by atoms with Gasteiger partial charge in [-0.05, 0) is 38.3 Å². The summed E-state index contributed by atoms with van der Waals surface area (Å²) in [5.41, 5.74) is 5.86. The third kappa shape index (κ3) is 1.90. The van der Waals surface area contributed by atoms with Crippen LogP contribution in [0.4, 0.5) is 5.69 Å². The Morgan fingerprint density at radius 1 is 1.25 bits per heavy atom. The molecule has 1 aliphatic heterocycles. The lowest BCUT2D eigenvalue weighted by molar-refractivity contribution is 0.531. The Balaban J connectivity index is 1.82. The highest BCUT2D eigenvalue weighted by Crippen LogP contribution is 2.42. The molecule has 4 nitrogen and oxygen atoms in total. The maximum absolute atomic E-state index is 6.00. The van der Waals surface area contributed by atoms with Crippen LogP contribution >= 0.6 is 0 Å². The minimum absolute atomic E-state index is 0.573. The molecule has 2 fully saturated rings. The maximum atomic E-state index is 6.00. The van der Waals surface area contributed by atoms with Gasteiger partial charge in [-0.15, -0.1) is 0 Å². The Labute approximate surface area is 119 Å². The number of nitrogens with zero attached hydrogens (tertiary/aromatic N) is 2. The first-order chi connectivity index (χ1) is 9.74. The normalized spacial score (nSPS) is 19.8. The third-order valence-corrected chi connectivity index (χ3v) is 4.48. The topological polar surface area (TPSA) is 41.3 Å². The Bertz CT molecular complexity index is 651. The lowest BCUT2D eigenvalue weighted by Gasteiger charge is -2.31. The van der Waals surface area contributed by atoms with Gasteiger partial charge in [-0.1, -0.05) is 0 Å². The number of rotatable bonds is 2. The van der Waals surface area contributed by atoms with Crippen molar-refractivity contribution >= 4 is 16.8 Å². The molecule has 0 bridgehead atoms. The molecule has 1 aromatic heterocycles. The van der Waals surface area contributed by atoms with Crippen molar-refractivity contribution in [1.29, 1.82) is 0 Å². The minimum Gasteiger partial charge on any atom is -0.440 e. The zero-order chi connectivity index (χ0) is 13.7. The van der Waals surface area contributed by atoms with E-state index in [0.29, 0.717) is 5.92 Å². The van der Waals surface area contributed by atoms with Crippen LogP contribution in [-0.2, 0) is 0 Å². The van der Waals surface area contributed by atoms with Crippen LogP contribution in [0.15, 0.2) is 10.5 Å². The van der Waals surface area contributed by atoms with Gasteiger partial charge in [0.1, 0.15) is 5.52 Å². The molecule has 1 saturated heterocycles. The molecular weight excluding hydrogens is 250 g/mol. The lowest BCUT2D eigenvalue weighted by atomic mass is 10.1. The lowest BCUT2D eigenvalue weighted by Crippen LogP contribution is -2.43. The minimum atomic E-state index is 0.573. The molecule has 0 unspecified atom stereocenters. The smallest absolute Gasteiger partial charge is 0.198 e. The number of piperazine rings is 1. The van der Waals surface area contributed by atoms with Gasteiger partial charge in [0.15, 0.2) is 11.5 Å². The molecule has 1 aliphatic carbocycles. The first-order valence-corrected chi connectivity index (χ1v) is 7.60. The van der Waals surface area contributed by atoms with E-state index >= 15 is 0 Å². The average Bonchev–Trinajstić information content (AvgIpc) is 3.22. The van der Waals surface area contributed by atoms with Crippen molar-refractivity contribution in [2.24, 2.45) is 0 Å². The van der Waals surface area contributed by atoms with E-state index in [1.165, 1.54) is 29.7 Å². The number of benzene rings is 1. The van der Waals surface area contributed by atoms with Crippen molar-refractivity contribution in [3.8, 4) is 0 Å². The summed E-state index contributed by atoms with van der Waals surface area (Å²) >= 11 is 0. The Morgan fingerprint density at radius 3 is 2.70 bits per heavy atom. The van der Waals surface area contributed by atoms with Gasteiger partial charge < -0.3 is 14.6 Å². The second kappa shape index (κ2) is 4.48. The summed E-state index contributed by atoms with van der Waals surface area (Å²) in [7, 11) is 0. The van der Waals surface area contributed by atoms with E-state index in [4.69, 9.17) is 9.40 Å². The molecular formula is C16H21N3O. The van der Waals surface area contributed by atoms with E-state index in [2.05, 4.69) is 30.1 Å². The van der Waals surface area contributed by atoms with Crippen molar-refractivity contribution in [3.63, 3.8) is 0 Å². The number of hydrogen-bond acceptors (Lipinski definition) is 4. The van der Waals surface area contributed by atoms with Gasteiger partial charge in [-0.3, -0.25) is 0 Å². The zero-order valence-corrected chi connectivity index (χ0v) is 12.2. The van der Waals surface area contributed by atoms with Crippen LogP contribution in [0.25, 0.3) is 11.1 Å². The quantitative estimate of drug-likeness (QED) is 0.912.